The van der Waals surface area contributed by atoms with Crippen LogP contribution in [0.15, 0.2) is 30.6 Å². The molecule has 1 saturated heterocycles. The number of aromatic nitrogens is 2. The SMILES string of the molecule is COC(=O)C1(Cc2cncc(Cl)n2)CCN(Cc2cccc(Cl)c2F)CC1. The van der Waals surface area contributed by atoms with Gasteiger partial charge >= 0.3 is 5.97 Å². The second-order valence-electron chi connectivity index (χ2n) is 6.77. The third-order valence-corrected chi connectivity index (χ3v) is 5.51. The highest BCUT2D eigenvalue weighted by Crippen LogP contribution is 2.37. The van der Waals surface area contributed by atoms with Gasteiger partial charge < -0.3 is 4.74 Å². The van der Waals surface area contributed by atoms with Gasteiger partial charge in [-0.05, 0) is 32.0 Å². The lowest BCUT2D eigenvalue weighted by atomic mass is 9.74. The number of nitrogens with zero attached hydrogens (tertiary/aromatic N) is 3. The summed E-state index contributed by atoms with van der Waals surface area (Å²) in [5.74, 6) is -0.656. The van der Waals surface area contributed by atoms with E-state index in [0.29, 0.717) is 55.3 Å². The minimum Gasteiger partial charge on any atom is -0.469 e. The minimum atomic E-state index is -0.683. The van der Waals surface area contributed by atoms with Crippen molar-refractivity contribution in [3.8, 4) is 0 Å². The van der Waals surface area contributed by atoms with Gasteiger partial charge in [-0.25, -0.2) is 9.37 Å². The van der Waals surface area contributed by atoms with Crippen molar-refractivity contribution in [2.75, 3.05) is 20.2 Å². The van der Waals surface area contributed by atoms with E-state index in [2.05, 4.69) is 14.9 Å². The van der Waals surface area contributed by atoms with Crippen LogP contribution >= 0.6 is 23.2 Å². The maximum atomic E-state index is 14.2. The van der Waals surface area contributed by atoms with Crippen LogP contribution in [-0.4, -0.2) is 41.0 Å². The van der Waals surface area contributed by atoms with Crippen molar-refractivity contribution in [2.24, 2.45) is 5.41 Å². The zero-order valence-electron chi connectivity index (χ0n) is 14.9. The van der Waals surface area contributed by atoms with E-state index in [9.17, 15) is 9.18 Å². The van der Waals surface area contributed by atoms with E-state index in [4.69, 9.17) is 27.9 Å². The van der Waals surface area contributed by atoms with Gasteiger partial charge in [-0.1, -0.05) is 35.3 Å². The topological polar surface area (TPSA) is 55.3 Å². The molecule has 1 aromatic carbocycles. The number of esters is 1. The number of halogens is 3. The van der Waals surface area contributed by atoms with E-state index in [-0.39, 0.29) is 11.0 Å². The second-order valence-corrected chi connectivity index (χ2v) is 7.57. The lowest BCUT2D eigenvalue weighted by Crippen LogP contribution is -2.46. The molecule has 27 heavy (non-hydrogen) atoms. The Kier molecular flexibility index (Phi) is 6.29. The van der Waals surface area contributed by atoms with Crippen LogP contribution in [0.25, 0.3) is 0 Å². The fourth-order valence-corrected chi connectivity index (χ4v) is 3.89. The molecule has 2 heterocycles. The number of rotatable bonds is 5. The molecule has 0 N–H and O–H groups in total. The Bertz CT molecular complexity index is 826. The summed E-state index contributed by atoms with van der Waals surface area (Å²) in [7, 11) is 1.39. The van der Waals surface area contributed by atoms with Gasteiger partial charge in [-0.2, -0.15) is 0 Å². The molecule has 8 heteroatoms. The van der Waals surface area contributed by atoms with Gasteiger partial charge in [0.15, 0.2) is 0 Å². The Morgan fingerprint density at radius 3 is 2.70 bits per heavy atom. The molecule has 0 unspecified atom stereocenters. The molecule has 3 rings (SSSR count). The maximum Gasteiger partial charge on any atom is 0.312 e. The van der Waals surface area contributed by atoms with Crippen molar-refractivity contribution in [2.45, 2.75) is 25.8 Å². The van der Waals surface area contributed by atoms with Crippen molar-refractivity contribution in [1.82, 2.24) is 14.9 Å². The monoisotopic (exact) mass is 411 g/mol. The Morgan fingerprint density at radius 2 is 2.04 bits per heavy atom. The summed E-state index contributed by atoms with van der Waals surface area (Å²) in [4.78, 5) is 23.0. The fourth-order valence-electron chi connectivity index (χ4n) is 3.53. The molecule has 0 amide bonds. The molecule has 5 nitrogen and oxygen atoms in total. The number of carbonyl (C=O) groups is 1. The first kappa shape index (κ1) is 20.0. The van der Waals surface area contributed by atoms with E-state index < -0.39 is 11.2 Å². The molecule has 0 bridgehead atoms. The maximum absolute atomic E-state index is 14.2. The van der Waals surface area contributed by atoms with Crippen molar-refractivity contribution in [1.29, 1.82) is 0 Å². The predicted octanol–water partition coefficient (Wildman–Crippen LogP) is 3.92. The molecule has 0 radical (unpaired) electrons. The number of hydrogen-bond donors (Lipinski definition) is 0. The van der Waals surface area contributed by atoms with Crippen molar-refractivity contribution < 1.29 is 13.9 Å². The second kappa shape index (κ2) is 8.50. The highest BCUT2D eigenvalue weighted by molar-refractivity contribution is 6.30. The molecule has 0 aliphatic carbocycles. The molecule has 0 spiro atoms. The normalized spacial score (nSPS) is 16.9. The van der Waals surface area contributed by atoms with Gasteiger partial charge in [0.05, 0.1) is 29.4 Å². The Hall–Kier alpha value is -1.76. The number of benzene rings is 1. The Labute approximate surface area is 167 Å². The summed E-state index contributed by atoms with van der Waals surface area (Å²) < 4.78 is 19.2. The van der Waals surface area contributed by atoms with Crippen LogP contribution in [0.1, 0.15) is 24.1 Å². The molecule has 1 aliphatic rings. The summed E-state index contributed by atoms with van der Waals surface area (Å²) in [5, 5.41) is 0.411. The van der Waals surface area contributed by atoms with Crippen LogP contribution in [0.5, 0.6) is 0 Å². The highest BCUT2D eigenvalue weighted by atomic mass is 35.5. The molecule has 1 fully saturated rings. The van der Waals surface area contributed by atoms with Gasteiger partial charge in [-0.3, -0.25) is 14.7 Å². The number of piperidine rings is 1. The summed E-state index contributed by atoms with van der Waals surface area (Å²) in [5.41, 5.74) is 0.522. The quantitative estimate of drug-likeness (QED) is 0.697. The predicted molar refractivity (Wildman–Crippen MR) is 101 cm³/mol. The summed E-state index contributed by atoms with van der Waals surface area (Å²) in [6, 6.07) is 5.00. The molecule has 1 aliphatic heterocycles. The molecule has 0 saturated carbocycles. The van der Waals surface area contributed by atoms with Crippen LogP contribution < -0.4 is 0 Å². The lowest BCUT2D eigenvalue weighted by Gasteiger charge is -2.39. The zero-order valence-corrected chi connectivity index (χ0v) is 16.4. The van der Waals surface area contributed by atoms with Crippen molar-refractivity contribution in [3.63, 3.8) is 0 Å². The number of carbonyl (C=O) groups excluding carboxylic acids is 1. The zero-order chi connectivity index (χ0) is 19.4. The van der Waals surface area contributed by atoms with Gasteiger partial charge in [0.2, 0.25) is 0 Å². The number of ether oxygens (including phenoxy) is 1. The summed E-state index contributed by atoms with van der Waals surface area (Å²) in [6.07, 6.45) is 4.64. The lowest BCUT2D eigenvalue weighted by molar-refractivity contribution is -0.156. The first-order valence-electron chi connectivity index (χ1n) is 8.63. The van der Waals surface area contributed by atoms with Gasteiger partial charge in [0.1, 0.15) is 11.0 Å². The highest BCUT2D eigenvalue weighted by Gasteiger charge is 2.43. The molecular formula is C19H20Cl2FN3O2. The first-order chi connectivity index (χ1) is 12.9. The van der Waals surface area contributed by atoms with E-state index in [1.54, 1.807) is 18.3 Å². The van der Waals surface area contributed by atoms with Crippen molar-refractivity contribution >= 4 is 29.2 Å². The van der Waals surface area contributed by atoms with Crippen molar-refractivity contribution in [3.05, 3.63) is 57.8 Å². The van der Waals surface area contributed by atoms with Gasteiger partial charge in [-0.15, -0.1) is 0 Å². The Morgan fingerprint density at radius 1 is 1.30 bits per heavy atom. The van der Waals surface area contributed by atoms with Crippen LogP contribution in [0, 0.1) is 11.2 Å². The number of methoxy groups -OCH3 is 1. The molecule has 144 valence electrons. The Balaban J connectivity index is 1.72. The van der Waals surface area contributed by atoms with Gasteiger partial charge in [0, 0.05) is 24.7 Å². The van der Waals surface area contributed by atoms with E-state index in [0.717, 1.165) is 0 Å². The molecule has 0 atom stereocenters. The summed E-state index contributed by atoms with van der Waals surface area (Å²) >= 11 is 11.8. The minimum absolute atomic E-state index is 0.118. The third kappa shape index (κ3) is 4.57. The smallest absolute Gasteiger partial charge is 0.312 e. The standard InChI is InChI=1S/C19H20Cl2FN3O2/c1-27-18(26)19(9-14-10-23-11-16(21)24-14)5-7-25(8-6-19)12-13-3-2-4-15(20)17(13)22/h2-4,10-11H,5-9,12H2,1H3. The molecular weight excluding hydrogens is 392 g/mol. The van der Waals surface area contributed by atoms with Crippen LogP contribution in [-0.2, 0) is 22.5 Å². The van der Waals surface area contributed by atoms with E-state index in [1.165, 1.54) is 19.4 Å². The van der Waals surface area contributed by atoms with Crippen LogP contribution in [0.3, 0.4) is 0 Å². The van der Waals surface area contributed by atoms with E-state index in [1.807, 2.05) is 0 Å². The average molecular weight is 412 g/mol. The number of likely N-dealkylation sites (tertiary alicyclic amines) is 1. The molecule has 2 aromatic rings. The first-order valence-corrected chi connectivity index (χ1v) is 9.39. The van der Waals surface area contributed by atoms with E-state index >= 15 is 0 Å². The van der Waals surface area contributed by atoms with Crippen LogP contribution in [0.2, 0.25) is 10.2 Å². The molecule has 1 aromatic heterocycles. The number of hydrogen-bond acceptors (Lipinski definition) is 5. The average Bonchev–Trinajstić information content (AvgIpc) is 2.66. The fraction of sp³-hybridized carbons (Fsp3) is 0.421. The van der Waals surface area contributed by atoms with Gasteiger partial charge in [0.25, 0.3) is 0 Å². The van der Waals surface area contributed by atoms with Crippen LogP contribution in [0.4, 0.5) is 4.39 Å². The largest absolute Gasteiger partial charge is 0.469 e. The summed E-state index contributed by atoms with van der Waals surface area (Å²) in [6.45, 7) is 1.71. The third-order valence-electron chi connectivity index (χ3n) is 5.03.